The molecule has 2 amide bonds. The summed E-state index contributed by atoms with van der Waals surface area (Å²) in [6.45, 7) is 4.84. The van der Waals surface area contributed by atoms with Crippen molar-refractivity contribution >= 4 is 23.6 Å². The summed E-state index contributed by atoms with van der Waals surface area (Å²) < 4.78 is 5.29. The molecular formula is C23H30N2O3S. The van der Waals surface area contributed by atoms with Gasteiger partial charge in [0.1, 0.15) is 11.8 Å². The predicted molar refractivity (Wildman–Crippen MR) is 118 cm³/mol. The summed E-state index contributed by atoms with van der Waals surface area (Å²) in [5, 5.41) is 2.94. The number of unbranched alkanes of at least 4 members (excludes halogenated alkanes) is 1. The van der Waals surface area contributed by atoms with Crippen LogP contribution in [0.2, 0.25) is 0 Å². The van der Waals surface area contributed by atoms with E-state index in [9.17, 15) is 9.59 Å². The Hall–Kier alpha value is -2.47. The smallest absolute Gasteiger partial charge is 0.242 e. The second kappa shape index (κ2) is 12.2. The molecule has 0 spiro atoms. The fraction of sp³-hybridized carbons (Fsp3) is 0.391. The van der Waals surface area contributed by atoms with Crippen LogP contribution in [-0.4, -0.2) is 42.2 Å². The number of nitrogens with zero attached hydrogens (tertiary/aromatic N) is 1. The third kappa shape index (κ3) is 7.46. The lowest BCUT2D eigenvalue weighted by atomic mass is 10.1. The van der Waals surface area contributed by atoms with Crippen LogP contribution in [0.5, 0.6) is 5.75 Å². The number of ether oxygens (including phenoxy) is 1. The zero-order chi connectivity index (χ0) is 21.1. The molecule has 0 fully saturated rings. The molecule has 156 valence electrons. The van der Waals surface area contributed by atoms with Crippen LogP contribution < -0.4 is 10.1 Å². The van der Waals surface area contributed by atoms with Crippen LogP contribution in [0.4, 0.5) is 0 Å². The summed E-state index contributed by atoms with van der Waals surface area (Å²) in [4.78, 5) is 28.3. The molecule has 0 unspecified atom stereocenters. The molecule has 0 heterocycles. The first-order valence-electron chi connectivity index (χ1n) is 9.93. The van der Waals surface area contributed by atoms with E-state index in [4.69, 9.17) is 4.74 Å². The number of carbonyl (C=O) groups is 2. The minimum atomic E-state index is -0.554. The Bertz CT molecular complexity index is 783. The van der Waals surface area contributed by atoms with E-state index in [0.29, 0.717) is 13.1 Å². The highest BCUT2D eigenvalue weighted by molar-refractivity contribution is 8.00. The molecule has 1 atom stereocenters. The van der Waals surface area contributed by atoms with Gasteiger partial charge in [0.25, 0.3) is 0 Å². The van der Waals surface area contributed by atoms with E-state index in [1.807, 2.05) is 54.6 Å². The van der Waals surface area contributed by atoms with Gasteiger partial charge in [0.2, 0.25) is 11.8 Å². The highest BCUT2D eigenvalue weighted by atomic mass is 32.2. The molecule has 0 saturated carbocycles. The number of hydrogen-bond donors (Lipinski definition) is 1. The molecule has 5 nitrogen and oxygen atoms in total. The summed E-state index contributed by atoms with van der Waals surface area (Å²) in [5.74, 6) is 0.813. The Morgan fingerprint density at radius 1 is 1.14 bits per heavy atom. The fourth-order valence-electron chi connectivity index (χ4n) is 2.83. The molecule has 0 aromatic heterocycles. The number of benzene rings is 2. The Balaban J connectivity index is 2.12. The van der Waals surface area contributed by atoms with Crippen LogP contribution >= 0.6 is 11.8 Å². The van der Waals surface area contributed by atoms with Gasteiger partial charge in [-0.05, 0) is 43.2 Å². The summed E-state index contributed by atoms with van der Waals surface area (Å²) in [7, 11) is 1.61. The van der Waals surface area contributed by atoms with Crippen molar-refractivity contribution in [1.82, 2.24) is 10.2 Å². The van der Waals surface area contributed by atoms with Crippen molar-refractivity contribution in [2.75, 3.05) is 19.4 Å². The molecule has 2 rings (SSSR count). The zero-order valence-electron chi connectivity index (χ0n) is 17.4. The second-order valence-electron chi connectivity index (χ2n) is 6.80. The average Bonchev–Trinajstić information content (AvgIpc) is 2.76. The number of nitrogens with one attached hydrogen (secondary N) is 1. The van der Waals surface area contributed by atoms with E-state index in [2.05, 4.69) is 12.2 Å². The lowest BCUT2D eigenvalue weighted by Crippen LogP contribution is -2.48. The van der Waals surface area contributed by atoms with Crippen LogP contribution in [0.25, 0.3) is 0 Å². The topological polar surface area (TPSA) is 58.6 Å². The van der Waals surface area contributed by atoms with Crippen LogP contribution in [-0.2, 0) is 16.1 Å². The third-order valence-corrected chi connectivity index (χ3v) is 5.59. The van der Waals surface area contributed by atoms with Gasteiger partial charge < -0.3 is 15.0 Å². The van der Waals surface area contributed by atoms with Gasteiger partial charge in [-0.25, -0.2) is 0 Å². The van der Waals surface area contributed by atoms with Crippen molar-refractivity contribution in [2.24, 2.45) is 0 Å². The fourth-order valence-corrected chi connectivity index (χ4v) is 3.64. The number of thioether (sulfide) groups is 1. The van der Waals surface area contributed by atoms with Crippen molar-refractivity contribution in [1.29, 1.82) is 0 Å². The lowest BCUT2D eigenvalue weighted by Gasteiger charge is -2.29. The summed E-state index contributed by atoms with van der Waals surface area (Å²) >= 11 is 1.48. The minimum absolute atomic E-state index is 0.0696. The molecule has 0 aliphatic rings. The Morgan fingerprint density at radius 2 is 1.90 bits per heavy atom. The number of carbonyl (C=O) groups excluding carboxylic acids is 2. The van der Waals surface area contributed by atoms with Crippen LogP contribution in [0.1, 0.15) is 32.3 Å². The van der Waals surface area contributed by atoms with Crippen molar-refractivity contribution in [2.45, 2.75) is 44.2 Å². The molecule has 0 radical (unpaired) electrons. The quantitative estimate of drug-likeness (QED) is 0.444. The largest absolute Gasteiger partial charge is 0.497 e. The maximum Gasteiger partial charge on any atom is 0.242 e. The van der Waals surface area contributed by atoms with Crippen molar-refractivity contribution < 1.29 is 14.3 Å². The highest BCUT2D eigenvalue weighted by Gasteiger charge is 2.26. The first-order valence-corrected chi connectivity index (χ1v) is 10.9. The monoisotopic (exact) mass is 414 g/mol. The van der Waals surface area contributed by atoms with E-state index in [1.165, 1.54) is 11.8 Å². The summed E-state index contributed by atoms with van der Waals surface area (Å²) in [5.41, 5.74) is 0.926. The van der Waals surface area contributed by atoms with E-state index in [-0.39, 0.29) is 17.6 Å². The van der Waals surface area contributed by atoms with E-state index in [0.717, 1.165) is 29.1 Å². The van der Waals surface area contributed by atoms with Crippen LogP contribution in [0.15, 0.2) is 59.5 Å². The van der Waals surface area contributed by atoms with Gasteiger partial charge in [0.15, 0.2) is 0 Å². The summed E-state index contributed by atoms with van der Waals surface area (Å²) in [6, 6.07) is 16.8. The van der Waals surface area contributed by atoms with Gasteiger partial charge >= 0.3 is 0 Å². The molecular weight excluding hydrogens is 384 g/mol. The number of methoxy groups -OCH3 is 1. The first-order chi connectivity index (χ1) is 14.0. The molecule has 6 heteroatoms. The maximum atomic E-state index is 13.0. The van der Waals surface area contributed by atoms with Crippen molar-refractivity contribution in [3.63, 3.8) is 0 Å². The molecule has 2 aromatic carbocycles. The van der Waals surface area contributed by atoms with E-state index in [1.54, 1.807) is 18.9 Å². The number of hydrogen-bond acceptors (Lipinski definition) is 4. The van der Waals surface area contributed by atoms with Gasteiger partial charge in [0.05, 0.1) is 12.9 Å². The SMILES string of the molecule is CCCCNC(=O)[C@H](C)N(Cc1cccc(OC)c1)C(=O)CSc1ccccc1. The van der Waals surface area contributed by atoms with Crippen LogP contribution in [0.3, 0.4) is 0 Å². The Kier molecular flexibility index (Phi) is 9.57. The molecule has 0 saturated heterocycles. The average molecular weight is 415 g/mol. The third-order valence-electron chi connectivity index (χ3n) is 4.59. The van der Waals surface area contributed by atoms with Gasteiger partial charge in [0, 0.05) is 18.0 Å². The van der Waals surface area contributed by atoms with Gasteiger partial charge in [-0.15, -0.1) is 11.8 Å². The number of rotatable bonds is 11. The lowest BCUT2D eigenvalue weighted by molar-refractivity contribution is -0.138. The first kappa shape index (κ1) is 22.8. The van der Waals surface area contributed by atoms with Gasteiger partial charge in [-0.1, -0.05) is 43.7 Å². The maximum absolute atomic E-state index is 13.0. The highest BCUT2D eigenvalue weighted by Crippen LogP contribution is 2.20. The minimum Gasteiger partial charge on any atom is -0.497 e. The van der Waals surface area contributed by atoms with Gasteiger partial charge in [-0.2, -0.15) is 0 Å². The molecule has 0 bridgehead atoms. The molecule has 2 aromatic rings. The molecule has 1 N–H and O–H groups in total. The second-order valence-corrected chi connectivity index (χ2v) is 7.84. The van der Waals surface area contributed by atoms with Crippen LogP contribution in [0, 0.1) is 0 Å². The van der Waals surface area contributed by atoms with E-state index < -0.39 is 6.04 Å². The van der Waals surface area contributed by atoms with Gasteiger partial charge in [-0.3, -0.25) is 9.59 Å². The predicted octanol–water partition coefficient (Wildman–Crippen LogP) is 4.12. The molecule has 0 aliphatic carbocycles. The van der Waals surface area contributed by atoms with Crippen molar-refractivity contribution in [3.05, 3.63) is 60.2 Å². The Labute approximate surface area is 177 Å². The summed E-state index contributed by atoms with van der Waals surface area (Å²) in [6.07, 6.45) is 1.93. The zero-order valence-corrected chi connectivity index (χ0v) is 18.2. The Morgan fingerprint density at radius 3 is 2.59 bits per heavy atom. The van der Waals surface area contributed by atoms with Crippen molar-refractivity contribution in [3.8, 4) is 5.75 Å². The van der Waals surface area contributed by atoms with E-state index >= 15 is 0 Å². The normalized spacial score (nSPS) is 11.6. The molecule has 0 aliphatic heterocycles. The standard InChI is InChI=1S/C23H30N2O3S/c1-4-5-14-24-23(27)18(2)25(16-19-10-9-11-20(15-19)28-3)22(26)17-29-21-12-7-6-8-13-21/h6-13,15,18H,4-5,14,16-17H2,1-3H3,(H,24,27)/t18-/m0/s1. The molecule has 29 heavy (non-hydrogen) atoms. The number of amides is 2.